The van der Waals surface area contributed by atoms with Gasteiger partial charge < -0.3 is 9.30 Å². The molecule has 0 radical (unpaired) electrons. The minimum atomic E-state index is -0.640. The van der Waals surface area contributed by atoms with Gasteiger partial charge in [0, 0.05) is 24.3 Å². The molecule has 0 aliphatic rings. The lowest BCUT2D eigenvalue weighted by atomic mass is 10.2. The van der Waals surface area contributed by atoms with Crippen molar-refractivity contribution < 1.29 is 9.13 Å². The lowest BCUT2D eigenvalue weighted by molar-refractivity contribution is 0.0907. The Balaban J connectivity index is 1.82. The topological polar surface area (TPSA) is 68.6 Å². The van der Waals surface area contributed by atoms with Crippen LogP contribution in [0.15, 0.2) is 18.6 Å². The van der Waals surface area contributed by atoms with E-state index in [1.807, 2.05) is 10.8 Å². The highest BCUT2D eigenvalue weighted by atomic mass is 35.5. The molecular weight excluding hydrogens is 353 g/mol. The largest absolute Gasteiger partial charge is 0.360 e. The van der Waals surface area contributed by atoms with Crippen LogP contribution in [-0.4, -0.2) is 55.9 Å². The van der Waals surface area contributed by atoms with Crippen molar-refractivity contribution in [2.24, 2.45) is 0 Å². The number of aromatic amines is 1. The van der Waals surface area contributed by atoms with Gasteiger partial charge >= 0.3 is 0 Å². The normalized spacial score (nSPS) is 12.9. The van der Waals surface area contributed by atoms with Crippen LogP contribution in [0.2, 0.25) is 5.15 Å². The summed E-state index contributed by atoms with van der Waals surface area (Å²) >= 11 is 5.70. The number of fused-ring (bicyclic) bond motifs is 1. The van der Waals surface area contributed by atoms with E-state index in [0.29, 0.717) is 30.2 Å². The summed E-state index contributed by atoms with van der Waals surface area (Å²) in [4.78, 5) is 8.17. The summed E-state index contributed by atoms with van der Waals surface area (Å²) in [6.07, 6.45) is 11.7. The quantitative estimate of drug-likeness (QED) is 0.533. The molecule has 0 spiro atoms. The van der Waals surface area contributed by atoms with Crippen molar-refractivity contribution in [1.82, 2.24) is 24.7 Å². The Hall–Kier alpha value is -1.64. The molecule has 3 heterocycles. The summed E-state index contributed by atoms with van der Waals surface area (Å²) in [5, 5.41) is 7.14. The molecule has 0 saturated heterocycles. The Morgan fingerprint density at radius 1 is 1.33 bits per heavy atom. The van der Waals surface area contributed by atoms with Gasteiger partial charge in [0.05, 0.1) is 12.0 Å². The highest BCUT2D eigenvalue weighted by molar-refractivity contribution is 8.32. The Kier molecular flexibility index (Phi) is 4.80. The predicted molar refractivity (Wildman–Crippen MR) is 96.3 cm³/mol. The zero-order valence-electron chi connectivity index (χ0n) is 13.7. The van der Waals surface area contributed by atoms with Crippen molar-refractivity contribution in [3.8, 4) is 11.5 Å². The van der Waals surface area contributed by atoms with E-state index < -0.39 is 15.8 Å². The zero-order valence-corrected chi connectivity index (χ0v) is 15.3. The highest BCUT2D eigenvalue weighted by Crippen LogP contribution is 2.33. The van der Waals surface area contributed by atoms with Crippen LogP contribution < -0.4 is 0 Å². The van der Waals surface area contributed by atoms with Crippen LogP contribution in [0.1, 0.15) is 0 Å². The molecule has 3 rings (SSSR count). The average molecular weight is 372 g/mol. The number of H-pyrrole nitrogens is 1. The minimum absolute atomic E-state index is 0.150. The first-order chi connectivity index (χ1) is 11.4. The third-order valence-corrected chi connectivity index (χ3v) is 5.16. The Morgan fingerprint density at radius 2 is 2.12 bits per heavy atom. The van der Waals surface area contributed by atoms with Gasteiger partial charge in [-0.1, -0.05) is 11.6 Å². The van der Waals surface area contributed by atoms with Crippen LogP contribution in [0, 0.1) is 5.82 Å². The molecule has 0 aromatic carbocycles. The first-order valence-corrected chi connectivity index (χ1v) is 10.7. The van der Waals surface area contributed by atoms with Crippen molar-refractivity contribution in [2.75, 3.05) is 31.1 Å². The van der Waals surface area contributed by atoms with E-state index in [2.05, 4.69) is 38.9 Å². The SMILES string of the molecule is CS(C)(C)CCOCn1ccnc1-c1[nH]nc2c(F)c(Cl)ncc12. The molecule has 3 aromatic heterocycles. The molecule has 1 N–H and O–H groups in total. The number of ether oxygens (including phenoxy) is 1. The first kappa shape index (κ1) is 17.2. The van der Waals surface area contributed by atoms with Gasteiger partial charge in [0.25, 0.3) is 0 Å². The number of nitrogens with zero attached hydrogens (tertiary/aromatic N) is 4. The number of hydrogen-bond donors (Lipinski definition) is 1. The molecule has 9 heteroatoms. The Morgan fingerprint density at radius 3 is 2.88 bits per heavy atom. The monoisotopic (exact) mass is 371 g/mol. The molecule has 0 amide bonds. The summed E-state index contributed by atoms with van der Waals surface area (Å²) in [6.45, 7) is 1.06. The van der Waals surface area contributed by atoms with E-state index in [9.17, 15) is 4.39 Å². The molecule has 6 nitrogen and oxygen atoms in total. The number of aromatic nitrogens is 5. The molecular formula is C15H19ClFN5OS. The van der Waals surface area contributed by atoms with Gasteiger partial charge in [0.1, 0.15) is 17.9 Å². The molecule has 0 atom stereocenters. The molecule has 0 aliphatic heterocycles. The summed E-state index contributed by atoms with van der Waals surface area (Å²) in [5.41, 5.74) is 0.736. The molecule has 24 heavy (non-hydrogen) atoms. The van der Waals surface area contributed by atoms with Crippen molar-refractivity contribution in [1.29, 1.82) is 0 Å². The molecule has 0 aliphatic carbocycles. The summed E-state index contributed by atoms with van der Waals surface area (Å²) < 4.78 is 21.6. The van der Waals surface area contributed by atoms with Gasteiger partial charge in [0.2, 0.25) is 0 Å². The number of halogens is 2. The van der Waals surface area contributed by atoms with Gasteiger partial charge in [-0.05, 0) is 18.8 Å². The van der Waals surface area contributed by atoms with Crippen LogP contribution in [0.3, 0.4) is 0 Å². The fourth-order valence-corrected chi connectivity index (χ4v) is 2.96. The van der Waals surface area contributed by atoms with Gasteiger partial charge in [0.15, 0.2) is 16.8 Å². The maximum absolute atomic E-state index is 14.0. The van der Waals surface area contributed by atoms with Crippen LogP contribution in [0.5, 0.6) is 0 Å². The van der Waals surface area contributed by atoms with E-state index in [1.54, 1.807) is 6.20 Å². The zero-order chi connectivity index (χ0) is 17.3. The third-order valence-electron chi connectivity index (χ3n) is 3.51. The van der Waals surface area contributed by atoms with Crippen molar-refractivity contribution in [3.63, 3.8) is 0 Å². The highest BCUT2D eigenvalue weighted by Gasteiger charge is 2.17. The first-order valence-electron chi connectivity index (χ1n) is 7.30. The lowest BCUT2D eigenvalue weighted by Crippen LogP contribution is -2.10. The molecule has 0 fully saturated rings. The number of rotatable bonds is 6. The second-order valence-corrected chi connectivity index (χ2v) is 11.2. The second kappa shape index (κ2) is 6.70. The number of hydrogen-bond acceptors (Lipinski definition) is 4. The van der Waals surface area contributed by atoms with Crippen molar-refractivity contribution in [2.45, 2.75) is 6.73 Å². The van der Waals surface area contributed by atoms with Gasteiger partial charge in [-0.2, -0.15) is 5.10 Å². The third kappa shape index (κ3) is 3.55. The predicted octanol–water partition coefficient (Wildman–Crippen LogP) is 3.28. The fraction of sp³-hybridized carbons (Fsp3) is 0.400. The minimum Gasteiger partial charge on any atom is -0.360 e. The molecule has 3 aromatic rings. The smallest absolute Gasteiger partial charge is 0.188 e. The van der Waals surface area contributed by atoms with Crippen molar-refractivity contribution >= 4 is 32.5 Å². The van der Waals surface area contributed by atoms with E-state index in [1.165, 1.54) is 6.20 Å². The lowest BCUT2D eigenvalue weighted by Gasteiger charge is -2.24. The van der Waals surface area contributed by atoms with Gasteiger partial charge in [-0.25, -0.2) is 24.4 Å². The maximum atomic E-state index is 14.0. The van der Waals surface area contributed by atoms with E-state index in [4.69, 9.17) is 16.3 Å². The van der Waals surface area contributed by atoms with Gasteiger partial charge in [-0.3, -0.25) is 5.10 Å². The fourth-order valence-electron chi connectivity index (χ4n) is 2.20. The van der Waals surface area contributed by atoms with Crippen LogP contribution in [0.25, 0.3) is 22.4 Å². The average Bonchev–Trinajstić information content (AvgIpc) is 3.12. The molecule has 0 bridgehead atoms. The number of pyridine rings is 1. The standard InChI is InChI=1S/C15H19ClFN5OS/c1-24(2,3)7-6-23-9-22-5-4-18-15(22)13-10-8-19-14(16)11(17)12(10)20-21-13/h4-5,8H,6-7,9H2,1-3H3,(H,20,21). The summed E-state index contributed by atoms with van der Waals surface area (Å²) in [7, 11) is -0.585. The van der Waals surface area contributed by atoms with Crippen LogP contribution in [0.4, 0.5) is 4.39 Å². The van der Waals surface area contributed by atoms with E-state index >= 15 is 0 Å². The van der Waals surface area contributed by atoms with E-state index in [-0.39, 0.29) is 10.7 Å². The van der Waals surface area contributed by atoms with Crippen LogP contribution in [-0.2, 0) is 11.5 Å². The molecule has 0 saturated carbocycles. The summed E-state index contributed by atoms with van der Waals surface area (Å²) in [5.74, 6) is 1.01. The molecule has 0 unspecified atom stereocenters. The maximum Gasteiger partial charge on any atom is 0.188 e. The summed E-state index contributed by atoms with van der Waals surface area (Å²) in [6, 6.07) is 0. The van der Waals surface area contributed by atoms with Crippen LogP contribution >= 0.6 is 21.6 Å². The Labute approximate surface area is 145 Å². The number of nitrogens with one attached hydrogen (secondary N) is 1. The Bertz CT molecular complexity index is 857. The van der Waals surface area contributed by atoms with Gasteiger partial charge in [-0.15, -0.1) is 0 Å². The number of imidazole rings is 1. The molecule has 130 valence electrons. The second-order valence-electron chi connectivity index (χ2n) is 6.28. The van der Waals surface area contributed by atoms with Crippen molar-refractivity contribution in [3.05, 3.63) is 29.6 Å². The van der Waals surface area contributed by atoms with E-state index in [0.717, 1.165) is 5.75 Å².